The molecule has 27 heavy (non-hydrogen) atoms. The molecule has 140 valence electrons. The Balaban J connectivity index is 1.96. The number of hydrogen-bond acceptors (Lipinski definition) is 8. The fourth-order valence-electron chi connectivity index (χ4n) is 2.43. The Morgan fingerprint density at radius 1 is 1.19 bits per heavy atom. The van der Waals surface area contributed by atoms with Gasteiger partial charge in [0.25, 0.3) is 5.69 Å². The van der Waals surface area contributed by atoms with Gasteiger partial charge in [-0.15, -0.1) is 10.2 Å². The monoisotopic (exact) mass is 385 g/mol. The average Bonchev–Trinajstić information content (AvgIpc) is 2.95. The van der Waals surface area contributed by atoms with Crippen molar-refractivity contribution in [3.05, 3.63) is 52.0 Å². The lowest BCUT2D eigenvalue weighted by Gasteiger charge is -2.16. The molecule has 0 unspecified atom stereocenters. The average molecular weight is 385 g/mol. The second-order valence-corrected chi connectivity index (χ2v) is 7.99. The SMILES string of the molecule is Cc1cc(Sc2nnc(C(C)(C)C)n2N)nc(-c2cccc([N+](=O)[O-])c2)n1. The van der Waals surface area contributed by atoms with Crippen molar-refractivity contribution in [3.8, 4) is 11.4 Å². The van der Waals surface area contributed by atoms with Crippen LogP contribution in [0.2, 0.25) is 0 Å². The highest BCUT2D eigenvalue weighted by Gasteiger charge is 2.23. The van der Waals surface area contributed by atoms with Gasteiger partial charge in [-0.25, -0.2) is 14.6 Å². The first-order valence-electron chi connectivity index (χ1n) is 8.14. The summed E-state index contributed by atoms with van der Waals surface area (Å²) in [4.78, 5) is 19.5. The van der Waals surface area contributed by atoms with Gasteiger partial charge >= 0.3 is 0 Å². The highest BCUT2D eigenvalue weighted by molar-refractivity contribution is 7.99. The van der Waals surface area contributed by atoms with Crippen LogP contribution in [0.4, 0.5) is 5.69 Å². The molecule has 0 saturated heterocycles. The standard InChI is InChI=1S/C17H19N7O2S/c1-10-8-13(27-16-22-21-15(23(16)18)17(2,3)4)20-14(19-10)11-6-5-7-12(9-11)24(25)26/h5-9H,18H2,1-4H3. The van der Waals surface area contributed by atoms with Crippen LogP contribution in [0.25, 0.3) is 11.4 Å². The number of non-ortho nitro benzene ring substituents is 1. The molecule has 3 aromatic rings. The summed E-state index contributed by atoms with van der Waals surface area (Å²) in [5.41, 5.74) is 1.05. The maximum Gasteiger partial charge on any atom is 0.270 e. The molecule has 2 heterocycles. The minimum atomic E-state index is -0.445. The minimum absolute atomic E-state index is 0.0108. The Kier molecular flexibility index (Phi) is 4.83. The summed E-state index contributed by atoms with van der Waals surface area (Å²) in [5.74, 6) is 7.19. The van der Waals surface area contributed by atoms with Crippen LogP contribution in [0, 0.1) is 17.0 Å². The van der Waals surface area contributed by atoms with Gasteiger partial charge in [-0.05, 0) is 24.8 Å². The van der Waals surface area contributed by atoms with Crippen LogP contribution >= 0.6 is 11.8 Å². The molecular weight excluding hydrogens is 366 g/mol. The largest absolute Gasteiger partial charge is 0.336 e. The van der Waals surface area contributed by atoms with Gasteiger partial charge in [0.15, 0.2) is 11.6 Å². The summed E-state index contributed by atoms with van der Waals surface area (Å²) in [5, 5.41) is 20.5. The maximum atomic E-state index is 11.0. The van der Waals surface area contributed by atoms with Crippen molar-refractivity contribution in [2.75, 3.05) is 5.84 Å². The minimum Gasteiger partial charge on any atom is -0.336 e. The molecule has 0 spiro atoms. The number of benzene rings is 1. The molecule has 0 aliphatic heterocycles. The summed E-state index contributed by atoms with van der Waals surface area (Å²) in [6, 6.07) is 8.03. The molecule has 0 amide bonds. The Bertz CT molecular complexity index is 1010. The number of nitrogens with two attached hydrogens (primary N) is 1. The van der Waals surface area contributed by atoms with Crippen LogP contribution in [0.15, 0.2) is 40.5 Å². The maximum absolute atomic E-state index is 11.0. The Morgan fingerprint density at radius 3 is 2.56 bits per heavy atom. The van der Waals surface area contributed by atoms with Crippen molar-refractivity contribution in [2.45, 2.75) is 43.3 Å². The lowest BCUT2D eigenvalue weighted by atomic mass is 9.96. The third kappa shape index (κ3) is 4.05. The van der Waals surface area contributed by atoms with Crippen molar-refractivity contribution in [1.29, 1.82) is 0 Å². The van der Waals surface area contributed by atoms with E-state index in [1.807, 2.05) is 27.7 Å². The van der Waals surface area contributed by atoms with Gasteiger partial charge in [0.2, 0.25) is 5.16 Å². The quantitative estimate of drug-likeness (QED) is 0.314. The predicted octanol–water partition coefficient (Wildman–Crippen LogP) is 3.11. The van der Waals surface area contributed by atoms with E-state index in [-0.39, 0.29) is 11.1 Å². The number of rotatable bonds is 4. The third-order valence-corrected chi connectivity index (χ3v) is 4.56. The van der Waals surface area contributed by atoms with Gasteiger partial charge in [0, 0.05) is 28.8 Å². The van der Waals surface area contributed by atoms with Crippen molar-refractivity contribution in [2.24, 2.45) is 0 Å². The molecule has 0 radical (unpaired) electrons. The summed E-state index contributed by atoms with van der Waals surface area (Å²) >= 11 is 1.26. The Morgan fingerprint density at radius 2 is 1.93 bits per heavy atom. The molecule has 0 atom stereocenters. The topological polar surface area (TPSA) is 126 Å². The van der Waals surface area contributed by atoms with E-state index < -0.39 is 4.92 Å². The molecule has 9 nitrogen and oxygen atoms in total. The molecule has 1 aromatic carbocycles. The first-order chi connectivity index (χ1) is 12.6. The molecule has 0 aliphatic carbocycles. The fourth-order valence-corrected chi connectivity index (χ4v) is 3.25. The first-order valence-corrected chi connectivity index (χ1v) is 8.96. The highest BCUT2D eigenvalue weighted by atomic mass is 32.2. The second kappa shape index (κ2) is 6.95. The van der Waals surface area contributed by atoms with Gasteiger partial charge in [0.1, 0.15) is 5.03 Å². The summed E-state index contributed by atoms with van der Waals surface area (Å²) in [6.07, 6.45) is 0. The van der Waals surface area contributed by atoms with Crippen LogP contribution in [0.3, 0.4) is 0 Å². The van der Waals surface area contributed by atoms with Crippen LogP contribution in [0.1, 0.15) is 32.3 Å². The van der Waals surface area contributed by atoms with E-state index in [0.717, 1.165) is 5.69 Å². The van der Waals surface area contributed by atoms with Crippen molar-refractivity contribution >= 4 is 17.4 Å². The zero-order valence-electron chi connectivity index (χ0n) is 15.4. The first kappa shape index (κ1) is 18.8. The van der Waals surface area contributed by atoms with Gasteiger partial charge in [-0.3, -0.25) is 10.1 Å². The van der Waals surface area contributed by atoms with Gasteiger partial charge < -0.3 is 5.84 Å². The summed E-state index contributed by atoms with van der Waals surface area (Å²) in [7, 11) is 0. The fraction of sp³-hybridized carbons (Fsp3) is 0.294. The third-order valence-electron chi connectivity index (χ3n) is 3.68. The smallest absolute Gasteiger partial charge is 0.270 e. The molecule has 2 aromatic heterocycles. The molecule has 0 bridgehead atoms. The summed E-state index contributed by atoms with van der Waals surface area (Å²) < 4.78 is 1.45. The van der Waals surface area contributed by atoms with E-state index >= 15 is 0 Å². The number of nitro groups is 1. The Labute approximate surface area is 160 Å². The molecule has 3 rings (SSSR count). The van der Waals surface area contributed by atoms with E-state index in [9.17, 15) is 10.1 Å². The van der Waals surface area contributed by atoms with Crippen molar-refractivity contribution < 1.29 is 4.92 Å². The number of nitro benzene ring substituents is 1. The van der Waals surface area contributed by atoms with Crippen LogP contribution in [-0.2, 0) is 5.41 Å². The normalized spacial score (nSPS) is 11.6. The van der Waals surface area contributed by atoms with E-state index in [1.165, 1.54) is 28.6 Å². The van der Waals surface area contributed by atoms with Crippen molar-refractivity contribution in [3.63, 3.8) is 0 Å². The predicted molar refractivity (Wildman–Crippen MR) is 102 cm³/mol. The molecule has 0 saturated carbocycles. The van der Waals surface area contributed by atoms with Crippen LogP contribution < -0.4 is 5.84 Å². The van der Waals surface area contributed by atoms with Crippen LogP contribution in [-0.4, -0.2) is 29.8 Å². The number of hydrogen-bond donors (Lipinski definition) is 1. The van der Waals surface area contributed by atoms with Gasteiger partial charge in [0.05, 0.1) is 4.92 Å². The summed E-state index contributed by atoms with van der Waals surface area (Å²) in [6.45, 7) is 7.85. The zero-order valence-corrected chi connectivity index (χ0v) is 16.2. The molecule has 0 fully saturated rings. The highest BCUT2D eigenvalue weighted by Crippen LogP contribution is 2.29. The zero-order chi connectivity index (χ0) is 19.8. The van der Waals surface area contributed by atoms with Crippen LogP contribution in [0.5, 0.6) is 0 Å². The molecular formula is C17H19N7O2S. The van der Waals surface area contributed by atoms with Crippen molar-refractivity contribution in [1.82, 2.24) is 24.8 Å². The lowest BCUT2D eigenvalue weighted by molar-refractivity contribution is -0.384. The number of aryl methyl sites for hydroxylation is 1. The van der Waals surface area contributed by atoms with E-state index in [4.69, 9.17) is 5.84 Å². The van der Waals surface area contributed by atoms with E-state index in [0.29, 0.717) is 27.4 Å². The van der Waals surface area contributed by atoms with Gasteiger partial charge in [-0.2, -0.15) is 0 Å². The van der Waals surface area contributed by atoms with E-state index in [1.54, 1.807) is 18.2 Å². The van der Waals surface area contributed by atoms with Gasteiger partial charge in [-0.1, -0.05) is 32.9 Å². The molecule has 0 aliphatic rings. The number of nitrogen functional groups attached to an aromatic ring is 1. The second-order valence-electron chi connectivity index (χ2n) is 7.01. The Hall–Kier alpha value is -3.01. The number of nitrogens with zero attached hydrogens (tertiary/aromatic N) is 6. The molecule has 2 N–H and O–H groups in total. The number of aromatic nitrogens is 5. The lowest BCUT2D eigenvalue weighted by Crippen LogP contribution is -2.24. The van der Waals surface area contributed by atoms with E-state index in [2.05, 4.69) is 20.2 Å². The molecule has 10 heteroatoms.